The Kier molecular flexibility index (Phi) is 6.04. The molecule has 7 heteroatoms. The van der Waals surface area contributed by atoms with Gasteiger partial charge in [-0.25, -0.2) is 4.79 Å². The molecular weight excluding hydrogens is 346 g/mol. The van der Waals surface area contributed by atoms with Crippen molar-refractivity contribution in [3.05, 3.63) is 78.0 Å². The fourth-order valence-corrected chi connectivity index (χ4v) is 2.52. The third-order valence-corrected chi connectivity index (χ3v) is 3.95. The summed E-state index contributed by atoms with van der Waals surface area (Å²) in [5, 5.41) is 6.84. The monoisotopic (exact) mass is 367 g/mol. The number of benzene rings is 1. The van der Waals surface area contributed by atoms with Gasteiger partial charge in [-0.3, -0.25) is 9.48 Å². The number of ether oxygens (including phenoxy) is 1. The van der Waals surface area contributed by atoms with E-state index < -0.39 is 12.1 Å². The molecule has 140 valence electrons. The highest BCUT2D eigenvalue weighted by Crippen LogP contribution is 2.11. The summed E-state index contributed by atoms with van der Waals surface area (Å²) in [5.74, 6) is -0.387. The van der Waals surface area contributed by atoms with Gasteiger partial charge in [0.25, 0.3) is 5.91 Å². The summed E-state index contributed by atoms with van der Waals surface area (Å²) < 4.78 is 12.3. The molecule has 27 heavy (non-hydrogen) atoms. The van der Waals surface area contributed by atoms with Crippen molar-refractivity contribution >= 4 is 11.9 Å². The number of carbonyl (C=O) groups is 2. The van der Waals surface area contributed by atoms with E-state index in [-0.39, 0.29) is 11.7 Å². The topological polar surface area (TPSA) is 86.4 Å². The van der Waals surface area contributed by atoms with Crippen LogP contribution in [0.2, 0.25) is 0 Å². The van der Waals surface area contributed by atoms with Crippen molar-refractivity contribution in [1.82, 2.24) is 15.1 Å². The molecule has 0 aliphatic heterocycles. The van der Waals surface area contributed by atoms with Crippen molar-refractivity contribution in [2.24, 2.45) is 0 Å². The molecule has 1 aromatic carbocycles. The van der Waals surface area contributed by atoms with Gasteiger partial charge < -0.3 is 14.5 Å². The third-order valence-electron chi connectivity index (χ3n) is 3.95. The van der Waals surface area contributed by atoms with Crippen LogP contribution in [0.25, 0.3) is 0 Å². The van der Waals surface area contributed by atoms with Crippen LogP contribution in [-0.4, -0.2) is 34.3 Å². The van der Waals surface area contributed by atoms with Crippen LogP contribution in [0.4, 0.5) is 0 Å². The van der Waals surface area contributed by atoms with E-state index in [4.69, 9.17) is 9.15 Å². The fraction of sp³-hybridized carbons (Fsp3) is 0.250. The second-order valence-corrected chi connectivity index (χ2v) is 6.04. The molecular formula is C20H21N3O4. The molecule has 3 aromatic rings. The molecule has 0 saturated heterocycles. The Bertz CT molecular complexity index is 872. The summed E-state index contributed by atoms with van der Waals surface area (Å²) >= 11 is 0. The number of amides is 1. The number of nitrogens with one attached hydrogen (secondary N) is 1. The molecule has 0 aliphatic rings. The predicted molar refractivity (Wildman–Crippen MR) is 98.1 cm³/mol. The van der Waals surface area contributed by atoms with Crippen molar-refractivity contribution < 1.29 is 18.7 Å². The van der Waals surface area contributed by atoms with Crippen LogP contribution < -0.4 is 5.32 Å². The SMILES string of the molecule is CC(OC(=O)c1ccc(Cn2cccn2)o1)C(=O)NCCc1ccccc1. The van der Waals surface area contributed by atoms with Crippen LogP contribution in [0, 0.1) is 0 Å². The highest BCUT2D eigenvalue weighted by molar-refractivity contribution is 5.90. The smallest absolute Gasteiger partial charge is 0.375 e. The Labute approximate surface area is 156 Å². The zero-order chi connectivity index (χ0) is 19.1. The largest absolute Gasteiger partial charge is 0.452 e. The summed E-state index contributed by atoms with van der Waals surface area (Å²) in [5.41, 5.74) is 1.13. The van der Waals surface area contributed by atoms with Gasteiger partial charge in [-0.1, -0.05) is 30.3 Å². The average molecular weight is 367 g/mol. The third kappa shape index (κ3) is 5.31. The maximum atomic E-state index is 12.2. The molecule has 1 unspecified atom stereocenters. The van der Waals surface area contributed by atoms with E-state index in [0.29, 0.717) is 25.3 Å². The van der Waals surface area contributed by atoms with E-state index in [9.17, 15) is 9.59 Å². The first-order valence-electron chi connectivity index (χ1n) is 8.70. The van der Waals surface area contributed by atoms with Gasteiger partial charge >= 0.3 is 5.97 Å². The lowest BCUT2D eigenvalue weighted by Gasteiger charge is -2.12. The lowest BCUT2D eigenvalue weighted by molar-refractivity contribution is -0.129. The minimum absolute atomic E-state index is 0.0566. The van der Waals surface area contributed by atoms with Crippen LogP contribution in [0.15, 0.2) is 65.3 Å². The Hall–Kier alpha value is -3.35. The molecule has 2 aromatic heterocycles. The van der Waals surface area contributed by atoms with Crippen LogP contribution >= 0.6 is 0 Å². The van der Waals surface area contributed by atoms with Crippen molar-refractivity contribution in [1.29, 1.82) is 0 Å². The van der Waals surface area contributed by atoms with Gasteiger partial charge in [0, 0.05) is 18.9 Å². The van der Waals surface area contributed by atoms with E-state index >= 15 is 0 Å². The molecule has 0 fully saturated rings. The maximum absolute atomic E-state index is 12.2. The normalized spacial score (nSPS) is 11.7. The van der Waals surface area contributed by atoms with Gasteiger partial charge in [-0.05, 0) is 37.1 Å². The number of rotatable bonds is 8. The summed E-state index contributed by atoms with van der Waals surface area (Å²) in [7, 11) is 0. The van der Waals surface area contributed by atoms with Gasteiger partial charge in [0.2, 0.25) is 5.76 Å². The van der Waals surface area contributed by atoms with Gasteiger partial charge in [0.1, 0.15) is 5.76 Å². The number of hydrogen-bond acceptors (Lipinski definition) is 5. The Morgan fingerprint density at radius 3 is 2.74 bits per heavy atom. The summed E-state index contributed by atoms with van der Waals surface area (Å²) in [6.07, 6.45) is 3.26. The van der Waals surface area contributed by atoms with Gasteiger partial charge in [-0.2, -0.15) is 5.10 Å². The Morgan fingerprint density at radius 1 is 1.19 bits per heavy atom. The number of nitrogens with zero attached hydrogens (tertiary/aromatic N) is 2. The minimum Gasteiger partial charge on any atom is -0.452 e. The van der Waals surface area contributed by atoms with Crippen LogP contribution in [0.5, 0.6) is 0 Å². The van der Waals surface area contributed by atoms with Crippen LogP contribution in [0.1, 0.15) is 28.8 Å². The zero-order valence-corrected chi connectivity index (χ0v) is 15.0. The molecule has 1 N–H and O–H groups in total. The molecule has 1 atom stereocenters. The second-order valence-electron chi connectivity index (χ2n) is 6.04. The van der Waals surface area contributed by atoms with Crippen LogP contribution in [-0.2, 0) is 22.5 Å². The molecule has 0 saturated carbocycles. The van der Waals surface area contributed by atoms with E-state index in [2.05, 4.69) is 10.4 Å². The lowest BCUT2D eigenvalue weighted by atomic mass is 10.1. The zero-order valence-electron chi connectivity index (χ0n) is 15.0. The minimum atomic E-state index is -0.909. The van der Waals surface area contributed by atoms with E-state index in [1.165, 1.54) is 13.0 Å². The van der Waals surface area contributed by atoms with Crippen molar-refractivity contribution in [3.8, 4) is 0 Å². The Balaban J connectivity index is 1.45. The lowest BCUT2D eigenvalue weighted by Crippen LogP contribution is -2.36. The number of furan rings is 1. The second kappa shape index (κ2) is 8.84. The number of aromatic nitrogens is 2. The summed E-state index contributed by atoms with van der Waals surface area (Å²) in [6, 6.07) is 14.8. The molecule has 0 bridgehead atoms. The first kappa shape index (κ1) is 18.4. The molecule has 2 heterocycles. The molecule has 0 aliphatic carbocycles. The molecule has 1 amide bonds. The van der Waals surface area contributed by atoms with Crippen molar-refractivity contribution in [2.45, 2.75) is 26.0 Å². The van der Waals surface area contributed by atoms with Gasteiger partial charge in [0.05, 0.1) is 6.54 Å². The van der Waals surface area contributed by atoms with Gasteiger partial charge in [0.15, 0.2) is 6.10 Å². The van der Waals surface area contributed by atoms with Gasteiger partial charge in [-0.15, -0.1) is 0 Å². The van der Waals surface area contributed by atoms with E-state index in [1.807, 2.05) is 30.3 Å². The molecule has 7 nitrogen and oxygen atoms in total. The maximum Gasteiger partial charge on any atom is 0.375 e. The highest BCUT2D eigenvalue weighted by Gasteiger charge is 2.21. The molecule has 0 spiro atoms. The highest BCUT2D eigenvalue weighted by atomic mass is 16.6. The molecule has 0 radical (unpaired) electrons. The summed E-state index contributed by atoms with van der Waals surface area (Å²) in [6.45, 7) is 2.42. The first-order chi connectivity index (χ1) is 13.1. The number of hydrogen-bond donors (Lipinski definition) is 1. The number of esters is 1. The van der Waals surface area contributed by atoms with Crippen molar-refractivity contribution in [2.75, 3.05) is 6.54 Å². The molecule has 3 rings (SSSR count). The van der Waals surface area contributed by atoms with Crippen LogP contribution in [0.3, 0.4) is 0 Å². The number of carbonyl (C=O) groups excluding carboxylic acids is 2. The standard InChI is InChI=1S/C20H21N3O4/c1-15(19(24)21-12-10-16-6-3-2-4-7-16)26-20(25)18-9-8-17(27-18)14-23-13-5-11-22-23/h2-9,11,13,15H,10,12,14H2,1H3,(H,21,24). The fourth-order valence-electron chi connectivity index (χ4n) is 2.52. The Morgan fingerprint density at radius 2 is 2.00 bits per heavy atom. The van der Waals surface area contributed by atoms with E-state index in [1.54, 1.807) is 29.2 Å². The summed E-state index contributed by atoms with van der Waals surface area (Å²) in [4.78, 5) is 24.2. The average Bonchev–Trinajstić information content (AvgIpc) is 3.35. The van der Waals surface area contributed by atoms with E-state index in [0.717, 1.165) is 5.56 Å². The van der Waals surface area contributed by atoms with Crippen molar-refractivity contribution in [3.63, 3.8) is 0 Å². The first-order valence-corrected chi connectivity index (χ1v) is 8.70. The predicted octanol–water partition coefficient (Wildman–Crippen LogP) is 2.43. The quantitative estimate of drug-likeness (QED) is 0.618.